The Labute approximate surface area is 122 Å². The maximum atomic E-state index is 11.9. The Hall–Kier alpha value is -2.63. The van der Waals surface area contributed by atoms with Gasteiger partial charge in [-0.2, -0.15) is 5.10 Å². The summed E-state index contributed by atoms with van der Waals surface area (Å²) in [5.41, 5.74) is 1.88. The fraction of sp³-hybridized carbons (Fsp3) is 0.267. The molecule has 21 heavy (non-hydrogen) atoms. The van der Waals surface area contributed by atoms with Crippen LogP contribution in [0.5, 0.6) is 0 Å². The number of benzene rings is 1. The molecular weight excluding hydrogens is 268 g/mol. The van der Waals surface area contributed by atoms with Crippen LogP contribution in [0.3, 0.4) is 0 Å². The normalized spacial score (nSPS) is 17.5. The predicted octanol–water partition coefficient (Wildman–Crippen LogP) is 0.767. The maximum absolute atomic E-state index is 11.9. The van der Waals surface area contributed by atoms with Crippen LogP contribution < -0.4 is 10.6 Å². The lowest BCUT2D eigenvalue weighted by atomic mass is 10.2. The van der Waals surface area contributed by atoms with Gasteiger partial charge in [0, 0.05) is 24.7 Å². The van der Waals surface area contributed by atoms with E-state index in [-0.39, 0.29) is 11.8 Å². The van der Waals surface area contributed by atoms with Gasteiger partial charge in [-0.25, -0.2) is 4.68 Å². The van der Waals surface area contributed by atoms with Crippen LogP contribution in [0, 0.1) is 0 Å². The second-order valence-corrected chi connectivity index (χ2v) is 5.01. The average molecular weight is 284 g/mol. The largest absolute Gasteiger partial charge is 0.350 e. The molecule has 0 bridgehead atoms. The second-order valence-electron chi connectivity index (χ2n) is 5.01. The fourth-order valence-electron chi connectivity index (χ4n) is 2.30. The van der Waals surface area contributed by atoms with Gasteiger partial charge in [-0.05, 0) is 18.6 Å². The molecule has 2 heterocycles. The molecular formula is C15H16N4O2. The van der Waals surface area contributed by atoms with Crippen molar-refractivity contribution in [2.45, 2.75) is 25.4 Å². The van der Waals surface area contributed by atoms with Gasteiger partial charge in [0.2, 0.25) is 11.8 Å². The summed E-state index contributed by atoms with van der Waals surface area (Å²) in [4.78, 5) is 23.0. The molecule has 2 N–H and O–H groups in total. The van der Waals surface area contributed by atoms with Gasteiger partial charge >= 0.3 is 0 Å². The Bertz CT molecular complexity index is 651. The van der Waals surface area contributed by atoms with E-state index in [4.69, 9.17) is 0 Å². The first-order valence-corrected chi connectivity index (χ1v) is 6.88. The third-order valence-corrected chi connectivity index (χ3v) is 3.44. The van der Waals surface area contributed by atoms with Crippen molar-refractivity contribution in [3.05, 3.63) is 48.3 Å². The molecule has 1 saturated heterocycles. The first-order chi connectivity index (χ1) is 10.2. The van der Waals surface area contributed by atoms with Gasteiger partial charge in [0.25, 0.3) is 0 Å². The molecule has 0 radical (unpaired) electrons. The first kappa shape index (κ1) is 13.4. The number of hydrogen-bond acceptors (Lipinski definition) is 3. The Balaban J connectivity index is 1.58. The smallest absolute Gasteiger partial charge is 0.242 e. The summed E-state index contributed by atoms with van der Waals surface area (Å²) >= 11 is 0. The lowest BCUT2D eigenvalue weighted by Crippen LogP contribution is -2.41. The number of nitrogens with zero attached hydrogens (tertiary/aromatic N) is 2. The van der Waals surface area contributed by atoms with E-state index in [9.17, 15) is 9.59 Å². The van der Waals surface area contributed by atoms with Crippen molar-refractivity contribution in [1.29, 1.82) is 0 Å². The van der Waals surface area contributed by atoms with E-state index in [1.54, 1.807) is 10.9 Å². The van der Waals surface area contributed by atoms with Crippen LogP contribution in [0.1, 0.15) is 18.4 Å². The molecule has 1 aliphatic heterocycles. The highest BCUT2D eigenvalue weighted by Gasteiger charge is 2.26. The van der Waals surface area contributed by atoms with Crippen LogP contribution in [0.4, 0.5) is 0 Å². The number of carbonyl (C=O) groups excluding carboxylic acids is 2. The minimum atomic E-state index is -0.401. The van der Waals surface area contributed by atoms with E-state index < -0.39 is 6.04 Å². The molecule has 108 valence electrons. The van der Waals surface area contributed by atoms with Crippen molar-refractivity contribution in [3.8, 4) is 5.69 Å². The molecule has 0 saturated carbocycles. The number of aromatic nitrogens is 2. The zero-order valence-electron chi connectivity index (χ0n) is 11.5. The lowest BCUT2D eigenvalue weighted by molar-refractivity contribution is -0.125. The van der Waals surface area contributed by atoms with Gasteiger partial charge in [0.15, 0.2) is 0 Å². The molecule has 1 unspecified atom stereocenters. The molecule has 0 spiro atoms. The summed E-state index contributed by atoms with van der Waals surface area (Å²) < 4.78 is 1.76. The number of amides is 2. The summed E-state index contributed by atoms with van der Waals surface area (Å²) in [6, 6.07) is 9.36. The fourth-order valence-corrected chi connectivity index (χ4v) is 2.30. The van der Waals surface area contributed by atoms with Crippen LogP contribution in [0.15, 0.2) is 42.7 Å². The van der Waals surface area contributed by atoms with Crippen molar-refractivity contribution >= 4 is 11.8 Å². The Morgan fingerprint density at radius 2 is 2.19 bits per heavy atom. The molecule has 1 aromatic heterocycles. The monoisotopic (exact) mass is 284 g/mol. The van der Waals surface area contributed by atoms with Gasteiger partial charge in [-0.3, -0.25) is 9.59 Å². The van der Waals surface area contributed by atoms with Crippen molar-refractivity contribution < 1.29 is 9.59 Å². The highest BCUT2D eigenvalue weighted by molar-refractivity contribution is 5.90. The maximum Gasteiger partial charge on any atom is 0.242 e. The van der Waals surface area contributed by atoms with Gasteiger partial charge in [-0.1, -0.05) is 18.2 Å². The number of para-hydroxylation sites is 1. The summed E-state index contributed by atoms with van der Waals surface area (Å²) in [6.07, 6.45) is 4.58. The van der Waals surface area contributed by atoms with Crippen LogP contribution in [0.25, 0.3) is 5.69 Å². The molecule has 2 aromatic rings. The molecule has 0 aliphatic carbocycles. The van der Waals surface area contributed by atoms with Crippen LogP contribution in [0.2, 0.25) is 0 Å². The third-order valence-electron chi connectivity index (χ3n) is 3.44. The predicted molar refractivity (Wildman–Crippen MR) is 76.6 cm³/mol. The lowest BCUT2D eigenvalue weighted by Gasteiger charge is -2.09. The van der Waals surface area contributed by atoms with E-state index in [0.717, 1.165) is 11.3 Å². The summed E-state index contributed by atoms with van der Waals surface area (Å²) in [5.74, 6) is -0.208. The Morgan fingerprint density at radius 1 is 1.38 bits per heavy atom. The second kappa shape index (κ2) is 5.78. The molecule has 1 aromatic carbocycles. The van der Waals surface area contributed by atoms with Crippen LogP contribution in [-0.2, 0) is 16.1 Å². The van der Waals surface area contributed by atoms with E-state index in [2.05, 4.69) is 15.7 Å². The van der Waals surface area contributed by atoms with Crippen molar-refractivity contribution in [2.75, 3.05) is 0 Å². The van der Waals surface area contributed by atoms with Crippen molar-refractivity contribution in [2.24, 2.45) is 0 Å². The Morgan fingerprint density at radius 3 is 2.90 bits per heavy atom. The molecule has 3 rings (SSSR count). The molecule has 1 aliphatic rings. The summed E-state index contributed by atoms with van der Waals surface area (Å²) in [7, 11) is 0. The summed E-state index contributed by atoms with van der Waals surface area (Å²) in [5, 5.41) is 9.74. The standard InChI is InChI=1S/C15H16N4O2/c20-14-7-6-13(18-14)15(21)16-8-11-9-17-19(10-11)12-4-2-1-3-5-12/h1-5,9-10,13H,6-8H2,(H,16,21)(H,18,20). The average Bonchev–Trinajstić information content (AvgIpc) is 3.15. The molecule has 1 atom stereocenters. The SMILES string of the molecule is O=C1CCC(C(=O)NCc2cnn(-c3ccccc3)c2)N1. The van der Waals surface area contributed by atoms with Gasteiger partial charge in [-0.15, -0.1) is 0 Å². The van der Waals surface area contributed by atoms with Crippen LogP contribution in [-0.4, -0.2) is 27.6 Å². The Kier molecular flexibility index (Phi) is 3.68. The minimum Gasteiger partial charge on any atom is -0.350 e. The quantitative estimate of drug-likeness (QED) is 0.870. The minimum absolute atomic E-state index is 0.0629. The first-order valence-electron chi connectivity index (χ1n) is 6.88. The highest BCUT2D eigenvalue weighted by atomic mass is 16.2. The van der Waals surface area contributed by atoms with Gasteiger partial charge in [0.1, 0.15) is 6.04 Å². The van der Waals surface area contributed by atoms with Gasteiger partial charge in [0.05, 0.1) is 11.9 Å². The van der Waals surface area contributed by atoms with E-state index >= 15 is 0 Å². The van der Waals surface area contributed by atoms with Crippen molar-refractivity contribution in [1.82, 2.24) is 20.4 Å². The molecule has 1 fully saturated rings. The zero-order valence-corrected chi connectivity index (χ0v) is 11.5. The molecule has 2 amide bonds. The summed E-state index contributed by atoms with van der Waals surface area (Å²) in [6.45, 7) is 0.401. The van der Waals surface area contributed by atoms with E-state index in [1.807, 2.05) is 36.5 Å². The van der Waals surface area contributed by atoms with Gasteiger partial charge < -0.3 is 10.6 Å². The molecule has 6 heteroatoms. The van der Waals surface area contributed by atoms with E-state index in [1.165, 1.54) is 0 Å². The number of hydrogen-bond donors (Lipinski definition) is 2. The number of carbonyl (C=O) groups is 2. The van der Waals surface area contributed by atoms with E-state index in [0.29, 0.717) is 19.4 Å². The zero-order chi connectivity index (χ0) is 14.7. The number of rotatable bonds is 4. The third kappa shape index (κ3) is 3.10. The topological polar surface area (TPSA) is 76.0 Å². The van der Waals surface area contributed by atoms with Crippen molar-refractivity contribution in [3.63, 3.8) is 0 Å². The van der Waals surface area contributed by atoms with Crippen LogP contribution >= 0.6 is 0 Å². The number of nitrogens with one attached hydrogen (secondary N) is 2. The molecule has 6 nitrogen and oxygen atoms in total. The highest BCUT2D eigenvalue weighted by Crippen LogP contribution is 2.09.